The Morgan fingerprint density at radius 2 is 2.09 bits per heavy atom. The highest BCUT2D eigenvalue weighted by atomic mass is 19.1. The van der Waals surface area contributed by atoms with Crippen molar-refractivity contribution in [1.82, 2.24) is 10.2 Å². The number of nitrogens with one attached hydrogen (secondary N) is 1. The van der Waals surface area contributed by atoms with Crippen LogP contribution < -0.4 is 5.32 Å². The fourth-order valence-corrected chi connectivity index (χ4v) is 1.42. The molecule has 1 fully saturated rings. The van der Waals surface area contributed by atoms with Crippen LogP contribution in [0.15, 0.2) is 0 Å². The Kier molecular flexibility index (Phi) is 2.84. The summed E-state index contributed by atoms with van der Waals surface area (Å²) in [5.41, 5.74) is 0. The summed E-state index contributed by atoms with van der Waals surface area (Å²) < 4.78 is 13.1. The molecule has 0 bridgehead atoms. The summed E-state index contributed by atoms with van der Waals surface area (Å²) in [6.45, 7) is 5.48. The molecule has 1 heterocycles. The van der Waals surface area contributed by atoms with E-state index in [4.69, 9.17) is 0 Å². The van der Waals surface area contributed by atoms with Crippen LogP contribution in [-0.2, 0) is 0 Å². The Morgan fingerprint density at radius 1 is 1.45 bits per heavy atom. The molecular weight excluding hydrogens is 143 g/mol. The van der Waals surface area contributed by atoms with Crippen molar-refractivity contribution in [2.24, 2.45) is 0 Å². The number of hydrogen-bond donors (Lipinski definition) is 1. The maximum atomic E-state index is 13.1. The van der Waals surface area contributed by atoms with Gasteiger partial charge in [0.25, 0.3) is 0 Å². The van der Waals surface area contributed by atoms with E-state index in [-0.39, 0.29) is 6.04 Å². The van der Waals surface area contributed by atoms with Gasteiger partial charge in [-0.3, -0.25) is 4.90 Å². The molecule has 0 aromatic rings. The minimum Gasteiger partial charge on any atom is -0.312 e. The minimum absolute atomic E-state index is 0.0787. The Morgan fingerprint density at radius 3 is 2.45 bits per heavy atom. The molecule has 0 amide bonds. The largest absolute Gasteiger partial charge is 0.312 e. The average Bonchev–Trinajstić information content (AvgIpc) is 2.33. The summed E-state index contributed by atoms with van der Waals surface area (Å²) in [6.07, 6.45) is -0.692. The van der Waals surface area contributed by atoms with Gasteiger partial charge in [0.15, 0.2) is 0 Å². The summed E-state index contributed by atoms with van der Waals surface area (Å²) in [5.74, 6) is 0. The lowest BCUT2D eigenvalue weighted by Crippen LogP contribution is -2.42. The van der Waals surface area contributed by atoms with Crippen LogP contribution in [-0.4, -0.2) is 43.3 Å². The Bertz CT molecular complexity index is 127. The molecule has 2 atom stereocenters. The lowest BCUT2D eigenvalue weighted by Gasteiger charge is -2.28. The van der Waals surface area contributed by atoms with Crippen LogP contribution in [0.5, 0.6) is 0 Å². The van der Waals surface area contributed by atoms with Crippen LogP contribution in [0.2, 0.25) is 0 Å². The van der Waals surface area contributed by atoms with Gasteiger partial charge in [-0.05, 0) is 20.9 Å². The first-order valence-corrected chi connectivity index (χ1v) is 4.19. The summed E-state index contributed by atoms with van der Waals surface area (Å²) in [7, 11) is 1.98. The molecule has 1 aliphatic heterocycles. The summed E-state index contributed by atoms with van der Waals surface area (Å²) in [4.78, 5) is 2.09. The number of hydrogen-bond acceptors (Lipinski definition) is 2. The Labute approximate surface area is 67.8 Å². The van der Waals surface area contributed by atoms with Crippen molar-refractivity contribution in [1.29, 1.82) is 0 Å². The molecule has 66 valence electrons. The third kappa shape index (κ3) is 1.91. The molecule has 0 aliphatic carbocycles. The molecule has 0 saturated carbocycles. The molecule has 0 aromatic heterocycles. The Balaban J connectivity index is 2.45. The van der Waals surface area contributed by atoms with Gasteiger partial charge in [-0.25, -0.2) is 4.39 Å². The topological polar surface area (TPSA) is 15.3 Å². The maximum absolute atomic E-state index is 13.1. The second-order valence-corrected chi connectivity index (χ2v) is 3.50. The van der Waals surface area contributed by atoms with Gasteiger partial charge in [0.05, 0.1) is 6.04 Å². The van der Waals surface area contributed by atoms with E-state index < -0.39 is 6.17 Å². The molecule has 1 saturated heterocycles. The fourth-order valence-electron chi connectivity index (χ4n) is 1.42. The number of nitrogens with zero attached hydrogens (tertiary/aromatic N) is 1. The molecule has 0 radical (unpaired) electrons. The van der Waals surface area contributed by atoms with Gasteiger partial charge in [-0.15, -0.1) is 0 Å². The molecule has 0 spiro atoms. The van der Waals surface area contributed by atoms with Crippen molar-refractivity contribution in [3.05, 3.63) is 0 Å². The Hall–Kier alpha value is -0.150. The van der Waals surface area contributed by atoms with Crippen LogP contribution in [0.25, 0.3) is 0 Å². The molecule has 1 N–H and O–H groups in total. The predicted molar refractivity (Wildman–Crippen MR) is 44.5 cm³/mol. The van der Waals surface area contributed by atoms with Crippen molar-refractivity contribution >= 4 is 0 Å². The quantitative estimate of drug-likeness (QED) is 0.637. The molecular formula is C8H17FN2. The van der Waals surface area contributed by atoms with Gasteiger partial charge < -0.3 is 5.32 Å². The van der Waals surface area contributed by atoms with Gasteiger partial charge >= 0.3 is 0 Å². The molecule has 1 aliphatic rings. The van der Waals surface area contributed by atoms with Crippen LogP contribution in [0.1, 0.15) is 13.8 Å². The average molecular weight is 160 g/mol. The van der Waals surface area contributed by atoms with Crippen molar-refractivity contribution in [2.75, 3.05) is 20.1 Å². The monoisotopic (exact) mass is 160 g/mol. The van der Waals surface area contributed by atoms with E-state index in [1.165, 1.54) is 0 Å². The summed E-state index contributed by atoms with van der Waals surface area (Å²) in [5, 5.41) is 3.04. The molecule has 11 heavy (non-hydrogen) atoms. The SMILES string of the molecule is CC(C)N(C)[C@H]1CNC[C@@H]1F. The predicted octanol–water partition coefficient (Wildman–Crippen LogP) is 0.636. The van der Waals surface area contributed by atoms with Gasteiger partial charge in [0, 0.05) is 19.1 Å². The molecule has 0 unspecified atom stereocenters. The fraction of sp³-hybridized carbons (Fsp3) is 1.00. The standard InChI is InChI=1S/C8H17FN2/c1-6(2)11(3)8-5-10-4-7(8)9/h6-8,10H,4-5H2,1-3H3/t7-,8-/m0/s1. The van der Waals surface area contributed by atoms with Crippen molar-refractivity contribution in [2.45, 2.75) is 32.1 Å². The molecule has 3 heteroatoms. The number of alkyl halides is 1. The zero-order chi connectivity index (χ0) is 8.43. The van der Waals surface area contributed by atoms with Crippen LogP contribution in [0.3, 0.4) is 0 Å². The van der Waals surface area contributed by atoms with Crippen LogP contribution in [0, 0.1) is 0 Å². The van der Waals surface area contributed by atoms with Crippen LogP contribution in [0.4, 0.5) is 4.39 Å². The van der Waals surface area contributed by atoms with Crippen molar-refractivity contribution in [3.8, 4) is 0 Å². The summed E-state index contributed by atoms with van der Waals surface area (Å²) in [6, 6.07) is 0.508. The van der Waals surface area contributed by atoms with E-state index >= 15 is 0 Å². The second-order valence-electron chi connectivity index (χ2n) is 3.50. The van der Waals surface area contributed by atoms with Crippen molar-refractivity contribution in [3.63, 3.8) is 0 Å². The van der Waals surface area contributed by atoms with Gasteiger partial charge in [-0.1, -0.05) is 0 Å². The van der Waals surface area contributed by atoms with Crippen molar-refractivity contribution < 1.29 is 4.39 Å². The van der Waals surface area contributed by atoms with E-state index in [0.29, 0.717) is 12.6 Å². The molecule has 1 rings (SSSR count). The highest BCUT2D eigenvalue weighted by Gasteiger charge is 2.30. The van der Waals surface area contributed by atoms with E-state index in [2.05, 4.69) is 24.1 Å². The maximum Gasteiger partial charge on any atom is 0.129 e. The third-order valence-electron chi connectivity index (χ3n) is 2.45. The smallest absolute Gasteiger partial charge is 0.129 e. The number of rotatable bonds is 2. The van der Waals surface area contributed by atoms with Gasteiger partial charge in [0.2, 0.25) is 0 Å². The zero-order valence-corrected chi connectivity index (χ0v) is 7.47. The third-order valence-corrected chi connectivity index (χ3v) is 2.45. The van der Waals surface area contributed by atoms with E-state index in [1.807, 2.05) is 7.05 Å². The molecule has 2 nitrogen and oxygen atoms in total. The van der Waals surface area contributed by atoms with Gasteiger partial charge in [-0.2, -0.15) is 0 Å². The van der Waals surface area contributed by atoms with E-state index in [1.54, 1.807) is 0 Å². The van der Waals surface area contributed by atoms with E-state index in [9.17, 15) is 4.39 Å². The highest BCUT2D eigenvalue weighted by molar-refractivity contribution is 4.88. The minimum atomic E-state index is -0.692. The highest BCUT2D eigenvalue weighted by Crippen LogP contribution is 2.12. The van der Waals surface area contributed by atoms with Gasteiger partial charge in [0.1, 0.15) is 6.17 Å². The lowest BCUT2D eigenvalue weighted by molar-refractivity contribution is 0.143. The first-order valence-electron chi connectivity index (χ1n) is 4.19. The number of halogens is 1. The zero-order valence-electron chi connectivity index (χ0n) is 7.47. The van der Waals surface area contributed by atoms with Crippen LogP contribution >= 0.6 is 0 Å². The molecule has 0 aromatic carbocycles. The second kappa shape index (κ2) is 3.50. The first-order chi connectivity index (χ1) is 5.13. The first kappa shape index (κ1) is 8.94. The van der Waals surface area contributed by atoms with E-state index in [0.717, 1.165) is 6.54 Å². The summed E-state index contributed by atoms with van der Waals surface area (Å²) >= 11 is 0. The lowest BCUT2D eigenvalue weighted by atomic mass is 10.2. The normalized spacial score (nSPS) is 32.2. The number of likely N-dealkylation sites (N-methyl/N-ethyl adjacent to an activating group) is 1.